The molecule has 0 aliphatic heterocycles. The van der Waals surface area contributed by atoms with Crippen molar-refractivity contribution in [3.63, 3.8) is 0 Å². The van der Waals surface area contributed by atoms with Gasteiger partial charge in [0.1, 0.15) is 5.82 Å². The van der Waals surface area contributed by atoms with E-state index in [2.05, 4.69) is 6.07 Å². The van der Waals surface area contributed by atoms with Crippen molar-refractivity contribution < 1.29 is 18.7 Å². The number of Topliss-reactive ketones (excluding diaryl/α,β-unsaturated/α-hetero) is 1. The van der Waals surface area contributed by atoms with Crippen LogP contribution < -0.4 is 0 Å². The predicted molar refractivity (Wildman–Crippen MR) is 105 cm³/mol. The molecular formula is C24H17FO3. The van der Waals surface area contributed by atoms with E-state index in [-0.39, 0.29) is 18.2 Å². The second-order valence-electron chi connectivity index (χ2n) is 6.63. The van der Waals surface area contributed by atoms with E-state index in [4.69, 9.17) is 4.74 Å². The normalized spacial score (nSPS) is 11.9. The van der Waals surface area contributed by atoms with Gasteiger partial charge in [-0.05, 0) is 58.5 Å². The lowest BCUT2D eigenvalue weighted by atomic mass is 10.0. The van der Waals surface area contributed by atoms with E-state index in [9.17, 15) is 14.0 Å². The first kappa shape index (κ1) is 17.9. The van der Waals surface area contributed by atoms with Crippen molar-refractivity contribution in [2.24, 2.45) is 0 Å². The zero-order valence-electron chi connectivity index (χ0n) is 15.0. The van der Waals surface area contributed by atoms with Crippen LogP contribution in [-0.2, 0) is 16.0 Å². The summed E-state index contributed by atoms with van der Waals surface area (Å²) in [6, 6.07) is 19.5. The molecule has 0 fully saturated rings. The van der Waals surface area contributed by atoms with Crippen molar-refractivity contribution in [2.45, 2.75) is 6.42 Å². The van der Waals surface area contributed by atoms with Crippen LogP contribution in [-0.4, -0.2) is 18.4 Å². The fourth-order valence-electron chi connectivity index (χ4n) is 3.34. The summed E-state index contributed by atoms with van der Waals surface area (Å²) in [5.41, 5.74) is 5.68. The van der Waals surface area contributed by atoms with Gasteiger partial charge >= 0.3 is 5.97 Å². The number of halogens is 1. The Morgan fingerprint density at radius 3 is 2.61 bits per heavy atom. The molecule has 1 aliphatic carbocycles. The fourth-order valence-corrected chi connectivity index (χ4v) is 3.34. The van der Waals surface area contributed by atoms with Crippen molar-refractivity contribution in [3.05, 3.63) is 101 Å². The third-order valence-electron chi connectivity index (χ3n) is 4.73. The Morgan fingerprint density at radius 2 is 1.75 bits per heavy atom. The lowest BCUT2D eigenvalue weighted by Gasteiger charge is -2.06. The number of hydrogen-bond donors (Lipinski definition) is 0. The quantitative estimate of drug-likeness (QED) is 0.286. The highest BCUT2D eigenvalue weighted by atomic mass is 19.1. The summed E-state index contributed by atoms with van der Waals surface area (Å²) in [5.74, 6) is -1.30. The number of carbonyl (C=O) groups is 2. The molecule has 0 aromatic heterocycles. The molecule has 3 aromatic rings. The second kappa shape index (κ2) is 7.61. The average Bonchev–Trinajstić information content (AvgIpc) is 3.08. The van der Waals surface area contributed by atoms with Crippen molar-refractivity contribution in [1.82, 2.24) is 0 Å². The Kier molecular flexibility index (Phi) is 4.85. The summed E-state index contributed by atoms with van der Waals surface area (Å²) in [7, 11) is 0. The number of hydrogen-bond acceptors (Lipinski definition) is 3. The fraction of sp³-hybridized carbons (Fsp3) is 0.0833. The van der Waals surface area contributed by atoms with E-state index < -0.39 is 5.97 Å². The van der Waals surface area contributed by atoms with Gasteiger partial charge in [0.15, 0.2) is 12.4 Å². The molecule has 0 saturated carbocycles. The number of ether oxygens (including phenoxy) is 1. The van der Waals surface area contributed by atoms with Gasteiger partial charge in [0.2, 0.25) is 0 Å². The number of fused-ring (bicyclic) bond motifs is 3. The molecule has 0 atom stereocenters. The van der Waals surface area contributed by atoms with Crippen LogP contribution in [0.1, 0.15) is 27.0 Å². The van der Waals surface area contributed by atoms with Gasteiger partial charge in [-0.15, -0.1) is 0 Å². The summed E-state index contributed by atoms with van der Waals surface area (Å²) in [5, 5.41) is 0. The Bertz CT molecular complexity index is 1100. The van der Waals surface area contributed by atoms with Crippen LogP contribution in [0.25, 0.3) is 17.2 Å². The van der Waals surface area contributed by atoms with Gasteiger partial charge < -0.3 is 4.74 Å². The molecule has 0 spiro atoms. The van der Waals surface area contributed by atoms with Crippen LogP contribution in [0.3, 0.4) is 0 Å². The van der Waals surface area contributed by atoms with E-state index in [1.54, 1.807) is 18.2 Å². The number of rotatable bonds is 5. The smallest absolute Gasteiger partial charge is 0.331 e. The molecule has 1 aliphatic rings. The Hall–Kier alpha value is -3.53. The zero-order valence-corrected chi connectivity index (χ0v) is 15.0. The van der Waals surface area contributed by atoms with Gasteiger partial charge in [-0.2, -0.15) is 0 Å². The molecule has 138 valence electrons. The van der Waals surface area contributed by atoms with Crippen LogP contribution >= 0.6 is 0 Å². The SMILES string of the molecule is O=C(/C=C/c1cccc(F)c1)OCC(=O)c1ccc2c(c1)-c1ccccc1C2. The third kappa shape index (κ3) is 3.76. The molecule has 0 unspecified atom stereocenters. The summed E-state index contributed by atoms with van der Waals surface area (Å²) in [4.78, 5) is 24.3. The molecule has 28 heavy (non-hydrogen) atoms. The van der Waals surface area contributed by atoms with Crippen molar-refractivity contribution in [2.75, 3.05) is 6.61 Å². The Labute approximate surface area is 162 Å². The van der Waals surface area contributed by atoms with Crippen LogP contribution in [0.4, 0.5) is 4.39 Å². The Balaban J connectivity index is 1.40. The van der Waals surface area contributed by atoms with Crippen molar-refractivity contribution in [1.29, 1.82) is 0 Å². The van der Waals surface area contributed by atoms with Crippen molar-refractivity contribution >= 4 is 17.8 Å². The van der Waals surface area contributed by atoms with Crippen LogP contribution in [0.2, 0.25) is 0 Å². The van der Waals surface area contributed by atoms with E-state index in [1.807, 2.05) is 30.3 Å². The largest absolute Gasteiger partial charge is 0.454 e. The van der Waals surface area contributed by atoms with E-state index in [0.717, 1.165) is 17.5 Å². The maximum Gasteiger partial charge on any atom is 0.331 e. The summed E-state index contributed by atoms with van der Waals surface area (Å²) >= 11 is 0. The maximum absolute atomic E-state index is 13.1. The Morgan fingerprint density at radius 1 is 0.929 bits per heavy atom. The van der Waals surface area contributed by atoms with E-state index in [0.29, 0.717) is 11.1 Å². The molecule has 3 aromatic carbocycles. The highest BCUT2D eigenvalue weighted by Gasteiger charge is 2.19. The summed E-state index contributed by atoms with van der Waals surface area (Å²) in [6.45, 7) is -0.341. The van der Waals surface area contributed by atoms with Gasteiger partial charge in [0.25, 0.3) is 0 Å². The molecule has 4 heteroatoms. The van der Waals surface area contributed by atoms with Gasteiger partial charge in [0.05, 0.1) is 0 Å². The monoisotopic (exact) mass is 372 g/mol. The van der Waals surface area contributed by atoms with Crippen LogP contribution in [0, 0.1) is 5.82 Å². The lowest BCUT2D eigenvalue weighted by molar-refractivity contribution is -0.136. The summed E-state index contributed by atoms with van der Waals surface area (Å²) in [6.07, 6.45) is 3.49. The van der Waals surface area contributed by atoms with E-state index >= 15 is 0 Å². The molecule has 0 heterocycles. The molecule has 0 amide bonds. The van der Waals surface area contributed by atoms with Gasteiger partial charge in [-0.3, -0.25) is 4.79 Å². The summed E-state index contributed by atoms with van der Waals surface area (Å²) < 4.78 is 18.2. The minimum absolute atomic E-state index is 0.264. The first-order valence-electron chi connectivity index (χ1n) is 8.95. The number of carbonyl (C=O) groups excluding carboxylic acids is 2. The topological polar surface area (TPSA) is 43.4 Å². The molecule has 0 N–H and O–H groups in total. The zero-order chi connectivity index (χ0) is 19.5. The standard InChI is InChI=1S/C24H17FO3/c25-20-6-3-4-16(12-20)8-11-24(27)28-15-23(26)19-10-9-18-13-17-5-1-2-7-21(17)22(18)14-19/h1-12,14H,13,15H2/b11-8+. The average molecular weight is 372 g/mol. The predicted octanol–water partition coefficient (Wildman–Crippen LogP) is 4.84. The third-order valence-corrected chi connectivity index (χ3v) is 4.73. The molecule has 0 radical (unpaired) electrons. The highest BCUT2D eigenvalue weighted by Crippen LogP contribution is 2.36. The second-order valence-corrected chi connectivity index (χ2v) is 6.63. The number of ketones is 1. The highest BCUT2D eigenvalue weighted by molar-refractivity contribution is 6.00. The minimum Gasteiger partial charge on any atom is -0.454 e. The first-order chi connectivity index (χ1) is 13.6. The maximum atomic E-state index is 13.1. The molecule has 3 nitrogen and oxygen atoms in total. The number of esters is 1. The van der Waals surface area contributed by atoms with Crippen LogP contribution in [0.5, 0.6) is 0 Å². The van der Waals surface area contributed by atoms with Crippen LogP contribution in [0.15, 0.2) is 72.8 Å². The molecule has 4 rings (SSSR count). The first-order valence-corrected chi connectivity index (χ1v) is 8.95. The minimum atomic E-state index is -0.649. The van der Waals surface area contributed by atoms with E-state index in [1.165, 1.54) is 35.4 Å². The molecule has 0 bridgehead atoms. The lowest BCUT2D eigenvalue weighted by Crippen LogP contribution is -2.12. The molecule has 0 saturated heterocycles. The molecular weight excluding hydrogens is 355 g/mol. The van der Waals surface area contributed by atoms with Crippen molar-refractivity contribution in [3.8, 4) is 11.1 Å². The van der Waals surface area contributed by atoms with Gasteiger partial charge in [-0.1, -0.05) is 48.5 Å². The number of benzene rings is 3. The van der Waals surface area contributed by atoms with Gasteiger partial charge in [0, 0.05) is 11.6 Å². The van der Waals surface area contributed by atoms with Gasteiger partial charge in [-0.25, -0.2) is 9.18 Å².